The van der Waals surface area contributed by atoms with Gasteiger partial charge in [0.25, 0.3) is 0 Å². The fourth-order valence-electron chi connectivity index (χ4n) is 6.42. The first-order valence-corrected chi connectivity index (χ1v) is 15.7. The summed E-state index contributed by atoms with van der Waals surface area (Å²) in [6, 6.07) is 32.2. The van der Waals surface area contributed by atoms with Gasteiger partial charge in [0.2, 0.25) is 0 Å². The number of aromatic nitrogens is 2. The molecule has 2 N–H and O–H groups in total. The van der Waals surface area contributed by atoms with E-state index in [4.69, 9.17) is 9.47 Å². The van der Waals surface area contributed by atoms with Crippen LogP contribution in [0.5, 0.6) is 0 Å². The van der Waals surface area contributed by atoms with E-state index < -0.39 is 11.9 Å². The lowest BCUT2D eigenvalue weighted by Crippen LogP contribution is -2.41. The molecule has 1 aliphatic rings. The summed E-state index contributed by atoms with van der Waals surface area (Å²) in [5.41, 5.74) is 5.41. The number of imidazole rings is 1. The van der Waals surface area contributed by atoms with Crippen molar-refractivity contribution in [2.75, 3.05) is 20.3 Å². The molecule has 1 aromatic heterocycles. The number of halogens is 1. The van der Waals surface area contributed by atoms with Crippen LogP contribution in [0.25, 0.3) is 11.0 Å². The lowest BCUT2D eigenvalue weighted by atomic mass is 9.75. The highest BCUT2D eigenvalue weighted by Gasteiger charge is 2.33. The Hall–Kier alpha value is -4.66. The van der Waals surface area contributed by atoms with Crippen LogP contribution in [-0.4, -0.2) is 48.1 Å². The van der Waals surface area contributed by atoms with Gasteiger partial charge in [-0.3, -0.25) is 9.59 Å². The molecule has 1 aliphatic heterocycles. The average molecular weight is 620 g/mol. The molecule has 4 aromatic carbocycles. The number of H-pyrrole nitrogens is 1. The number of morpholine rings is 1. The van der Waals surface area contributed by atoms with Crippen LogP contribution in [0.15, 0.2) is 103 Å². The summed E-state index contributed by atoms with van der Waals surface area (Å²) < 4.78 is 24.9. The zero-order valence-electron chi connectivity index (χ0n) is 25.8. The van der Waals surface area contributed by atoms with Gasteiger partial charge in [-0.25, -0.2) is 9.37 Å². The molecular formula is C38H38FN3O4. The highest BCUT2D eigenvalue weighted by molar-refractivity contribution is 5.88. The van der Waals surface area contributed by atoms with E-state index in [-0.39, 0.29) is 42.5 Å². The van der Waals surface area contributed by atoms with Gasteiger partial charge in [0.05, 0.1) is 43.3 Å². The molecule has 6 rings (SSSR count). The second-order valence-corrected chi connectivity index (χ2v) is 11.8. The third kappa shape index (κ3) is 7.41. The molecule has 8 heteroatoms. The number of ether oxygens (including phenoxy) is 2. The number of hydrogen-bond acceptors (Lipinski definition) is 6. The molecule has 2 heterocycles. The van der Waals surface area contributed by atoms with Crippen molar-refractivity contribution in [1.82, 2.24) is 15.3 Å². The largest absolute Gasteiger partial charge is 0.469 e. The fraction of sp³-hybridized carbons (Fsp3) is 0.289. The number of aromatic amines is 1. The first-order valence-electron chi connectivity index (χ1n) is 15.7. The number of nitrogens with one attached hydrogen (secondary N) is 2. The molecule has 0 amide bonds. The number of rotatable bonds is 12. The van der Waals surface area contributed by atoms with Crippen LogP contribution in [0.4, 0.5) is 4.39 Å². The van der Waals surface area contributed by atoms with Crippen LogP contribution in [-0.2, 0) is 31.9 Å². The number of methoxy groups -OCH3 is 1. The van der Waals surface area contributed by atoms with Crippen LogP contribution >= 0.6 is 0 Å². The maximum absolute atomic E-state index is 14.2. The Bertz CT molecular complexity index is 1730. The molecule has 0 bridgehead atoms. The Morgan fingerprint density at radius 3 is 2.26 bits per heavy atom. The molecule has 5 aromatic rings. The highest BCUT2D eigenvalue weighted by atomic mass is 19.1. The van der Waals surface area contributed by atoms with Crippen molar-refractivity contribution in [3.05, 3.63) is 137 Å². The summed E-state index contributed by atoms with van der Waals surface area (Å²) >= 11 is 0. The van der Waals surface area contributed by atoms with Crippen molar-refractivity contribution in [3.8, 4) is 0 Å². The summed E-state index contributed by atoms with van der Waals surface area (Å²) in [5, 5.41) is 3.52. The second kappa shape index (κ2) is 14.6. The van der Waals surface area contributed by atoms with E-state index >= 15 is 0 Å². The minimum Gasteiger partial charge on any atom is -0.469 e. The minimum absolute atomic E-state index is 0.000281. The number of esters is 1. The van der Waals surface area contributed by atoms with Gasteiger partial charge in [-0.1, -0.05) is 84.9 Å². The van der Waals surface area contributed by atoms with E-state index in [2.05, 4.69) is 21.4 Å². The Morgan fingerprint density at radius 2 is 1.61 bits per heavy atom. The molecule has 46 heavy (non-hydrogen) atoms. The second-order valence-electron chi connectivity index (χ2n) is 11.8. The molecule has 3 atom stereocenters. The molecule has 1 saturated heterocycles. The number of hydrogen-bond donors (Lipinski definition) is 2. The van der Waals surface area contributed by atoms with Gasteiger partial charge in [-0.05, 0) is 53.3 Å². The zero-order chi connectivity index (χ0) is 31.9. The molecule has 0 spiro atoms. The molecule has 0 aliphatic carbocycles. The Labute approximate surface area is 268 Å². The third-order valence-corrected chi connectivity index (χ3v) is 8.85. The van der Waals surface area contributed by atoms with Crippen molar-refractivity contribution in [2.24, 2.45) is 5.92 Å². The average Bonchev–Trinajstić information content (AvgIpc) is 3.52. The number of Topliss-reactive ketones (excluding diaryl/α,β-unsaturated/α-hetero) is 1. The number of carbonyl (C=O) groups excluding carboxylic acids is 2. The van der Waals surface area contributed by atoms with E-state index in [1.54, 1.807) is 6.07 Å². The minimum atomic E-state index is -0.595. The maximum Gasteiger partial charge on any atom is 0.306 e. The van der Waals surface area contributed by atoms with Gasteiger partial charge >= 0.3 is 5.97 Å². The van der Waals surface area contributed by atoms with E-state index in [1.807, 2.05) is 78.9 Å². The summed E-state index contributed by atoms with van der Waals surface area (Å²) in [6.07, 6.45) is 1.72. The molecule has 0 unspecified atom stereocenters. The molecule has 7 nitrogen and oxygen atoms in total. The van der Waals surface area contributed by atoms with Gasteiger partial charge < -0.3 is 19.8 Å². The summed E-state index contributed by atoms with van der Waals surface area (Å²) in [4.78, 5) is 34.6. The van der Waals surface area contributed by atoms with Gasteiger partial charge in [0.15, 0.2) is 0 Å². The molecule has 1 fully saturated rings. The first kappa shape index (κ1) is 31.3. The molecule has 0 radical (unpaired) electrons. The maximum atomic E-state index is 14.2. The summed E-state index contributed by atoms with van der Waals surface area (Å²) in [5.74, 6) is -0.861. The SMILES string of the molecule is COC(=O)C[C@H](C(=O)Cc1ccccc1CC[C@@H]1CN[C@H](c2nc3ccc(F)cc3[nH]2)CO1)C(c1ccccc1)c1ccccc1. The predicted octanol–water partition coefficient (Wildman–Crippen LogP) is 6.49. The number of nitrogens with zero attached hydrogens (tertiary/aromatic N) is 1. The Morgan fingerprint density at radius 1 is 0.935 bits per heavy atom. The quantitative estimate of drug-likeness (QED) is 0.155. The third-order valence-electron chi connectivity index (χ3n) is 8.85. The van der Waals surface area contributed by atoms with Crippen molar-refractivity contribution in [3.63, 3.8) is 0 Å². The van der Waals surface area contributed by atoms with E-state index in [0.717, 1.165) is 46.4 Å². The van der Waals surface area contributed by atoms with Crippen molar-refractivity contribution < 1.29 is 23.5 Å². The topological polar surface area (TPSA) is 93.3 Å². The van der Waals surface area contributed by atoms with E-state index in [0.29, 0.717) is 18.7 Å². The predicted molar refractivity (Wildman–Crippen MR) is 175 cm³/mol. The van der Waals surface area contributed by atoms with Crippen molar-refractivity contribution in [2.45, 2.75) is 43.7 Å². The van der Waals surface area contributed by atoms with Crippen LogP contribution in [0.1, 0.15) is 52.9 Å². The zero-order valence-corrected chi connectivity index (χ0v) is 25.8. The van der Waals surface area contributed by atoms with Crippen molar-refractivity contribution >= 4 is 22.8 Å². The van der Waals surface area contributed by atoms with Crippen molar-refractivity contribution in [1.29, 1.82) is 0 Å². The van der Waals surface area contributed by atoms with Crippen LogP contribution in [0, 0.1) is 11.7 Å². The number of benzene rings is 4. The monoisotopic (exact) mass is 619 g/mol. The lowest BCUT2D eigenvalue weighted by molar-refractivity contribution is -0.144. The van der Waals surface area contributed by atoms with Gasteiger partial charge in [0, 0.05) is 24.8 Å². The molecule has 236 valence electrons. The van der Waals surface area contributed by atoms with Crippen LogP contribution in [0.2, 0.25) is 0 Å². The number of aryl methyl sites for hydroxylation is 1. The molecular weight excluding hydrogens is 581 g/mol. The van der Waals surface area contributed by atoms with E-state index in [9.17, 15) is 14.0 Å². The normalized spacial score (nSPS) is 17.2. The Balaban J connectivity index is 1.14. The van der Waals surface area contributed by atoms with Gasteiger partial charge in [-0.15, -0.1) is 0 Å². The van der Waals surface area contributed by atoms with Crippen LogP contribution < -0.4 is 5.32 Å². The number of ketones is 1. The highest BCUT2D eigenvalue weighted by Crippen LogP contribution is 2.36. The lowest BCUT2D eigenvalue weighted by Gasteiger charge is -2.29. The summed E-state index contributed by atoms with van der Waals surface area (Å²) in [6.45, 7) is 1.09. The summed E-state index contributed by atoms with van der Waals surface area (Å²) in [7, 11) is 1.36. The van der Waals surface area contributed by atoms with Crippen LogP contribution in [0.3, 0.4) is 0 Å². The van der Waals surface area contributed by atoms with Gasteiger partial charge in [-0.2, -0.15) is 0 Å². The van der Waals surface area contributed by atoms with Gasteiger partial charge in [0.1, 0.15) is 17.4 Å². The number of fused-ring (bicyclic) bond motifs is 1. The fourth-order valence-corrected chi connectivity index (χ4v) is 6.42. The molecule has 0 saturated carbocycles. The Kier molecular flexibility index (Phi) is 9.96. The first-order chi connectivity index (χ1) is 22.5. The standard InChI is InChI=1S/C38H38FN3O4/c1-45-36(44)22-31(37(26-11-4-2-5-12-26)27-13-6-3-7-14-27)35(43)20-28-15-9-8-10-25(28)16-18-30-23-40-34(24-46-30)38-41-32-19-17-29(39)21-33(32)42-38/h2-15,17,19,21,30-31,34,37,40H,16,18,20,22-24H2,1H3,(H,41,42)/t30-,31-,34+/m1/s1. The number of carbonyl (C=O) groups is 2. The smallest absolute Gasteiger partial charge is 0.306 e. The van der Waals surface area contributed by atoms with E-state index in [1.165, 1.54) is 19.2 Å².